The summed E-state index contributed by atoms with van der Waals surface area (Å²) in [6.45, 7) is 0. The monoisotopic (exact) mass is 360 g/mol. The third-order valence-corrected chi connectivity index (χ3v) is 4.79. The molecule has 0 aromatic heterocycles. The van der Waals surface area contributed by atoms with Crippen LogP contribution in [0.1, 0.15) is 10.4 Å². The fourth-order valence-corrected chi connectivity index (χ4v) is 4.26. The second kappa shape index (κ2) is 4.43. The van der Waals surface area contributed by atoms with Gasteiger partial charge in [-0.1, -0.05) is 6.07 Å². The lowest BCUT2D eigenvalue weighted by Crippen LogP contribution is -2.10. The highest BCUT2D eigenvalue weighted by Gasteiger charge is 2.26. The van der Waals surface area contributed by atoms with Crippen molar-refractivity contribution in [3.63, 3.8) is 0 Å². The molecule has 0 saturated heterocycles. The average Bonchev–Trinajstić information content (AvgIpc) is 2.15. The minimum absolute atomic E-state index is 0.661. The number of carboxylic acids is 1. The molecule has 7 nitrogen and oxygen atoms in total. The number of carboxylic acid groups (broad SMARTS) is 1. The van der Waals surface area contributed by atoms with E-state index < -0.39 is 49.9 Å². The van der Waals surface area contributed by atoms with Crippen LogP contribution in [0.4, 0.5) is 0 Å². The van der Waals surface area contributed by atoms with Gasteiger partial charge in [-0.15, -0.1) is 0 Å². The molecule has 0 atom stereocenters. The van der Waals surface area contributed by atoms with Crippen molar-refractivity contribution in [1.29, 1.82) is 0 Å². The van der Waals surface area contributed by atoms with Gasteiger partial charge in [-0.2, -0.15) is 8.42 Å². The smallest absolute Gasteiger partial charge is 0.342 e. The van der Waals surface area contributed by atoms with Crippen molar-refractivity contribution in [2.45, 2.75) is 4.90 Å². The summed E-state index contributed by atoms with van der Waals surface area (Å²) in [6, 6.07) is 2.92. The second-order valence-corrected chi connectivity index (χ2v) is 6.37. The Morgan fingerprint density at radius 1 is 1.25 bits per heavy atom. The van der Waals surface area contributed by atoms with E-state index in [-0.39, 0.29) is 0 Å². The van der Waals surface area contributed by atoms with Gasteiger partial charge < -0.3 is 5.11 Å². The van der Waals surface area contributed by atoms with Crippen molar-refractivity contribution in [1.82, 2.24) is 0 Å². The van der Waals surface area contributed by atoms with Crippen LogP contribution in [-0.2, 0) is 16.3 Å². The van der Waals surface area contributed by atoms with Gasteiger partial charge in [0.2, 0.25) is 0 Å². The minimum Gasteiger partial charge on any atom is -0.478 e. The maximum atomic E-state index is 10.9. The van der Waals surface area contributed by atoms with Crippen LogP contribution >= 0.6 is 19.8 Å². The first kappa shape index (κ1) is 13.0. The summed E-state index contributed by atoms with van der Waals surface area (Å²) >= 11 is -4.21. The summed E-state index contributed by atoms with van der Waals surface area (Å²) < 4.78 is 51.6. The molecule has 0 fully saturated rings. The van der Waals surface area contributed by atoms with Crippen molar-refractivity contribution in [3.05, 3.63) is 27.3 Å². The van der Waals surface area contributed by atoms with Gasteiger partial charge in [0, 0.05) is 0 Å². The Kier molecular flexibility index (Phi) is 3.60. The Bertz CT molecular complexity index is 606. The first-order chi connectivity index (χ1) is 7.25. The van der Waals surface area contributed by atoms with E-state index in [1.165, 1.54) is 0 Å². The van der Waals surface area contributed by atoms with Gasteiger partial charge in [-0.05, 0) is 12.1 Å². The molecule has 0 heterocycles. The van der Waals surface area contributed by atoms with E-state index in [0.717, 1.165) is 18.2 Å². The van der Waals surface area contributed by atoms with Crippen LogP contribution in [0, 0.1) is 3.57 Å². The molecular formula is C7H5IO7S. The second-order valence-electron chi connectivity index (χ2n) is 2.61. The number of hydrogen-bond acceptors (Lipinski definition) is 5. The topological polar surface area (TPSA) is 126 Å². The molecule has 9 heteroatoms. The molecule has 1 aromatic rings. The van der Waals surface area contributed by atoms with Gasteiger partial charge in [0.1, 0.15) is 4.90 Å². The summed E-state index contributed by atoms with van der Waals surface area (Å²) in [4.78, 5) is 9.61. The molecule has 0 radical (unpaired) electrons. The Balaban J connectivity index is 3.82. The van der Waals surface area contributed by atoms with Gasteiger partial charge in [-0.25, -0.2) is 10.9 Å². The Morgan fingerprint density at radius 2 is 1.81 bits per heavy atom. The number of hydrogen-bond donors (Lipinski definition) is 2. The average molecular weight is 360 g/mol. The maximum Gasteiger partial charge on any atom is 0.342 e. The fourth-order valence-electron chi connectivity index (χ4n) is 1.06. The highest BCUT2D eigenvalue weighted by molar-refractivity contribution is 14.2. The summed E-state index contributed by atoms with van der Waals surface area (Å²) in [7, 11) is -4.90. The van der Waals surface area contributed by atoms with Gasteiger partial charge in [0.15, 0.2) is 0 Å². The zero-order chi connectivity index (χ0) is 12.5. The Labute approximate surface area is 97.0 Å². The standard InChI is InChI=1S/C7H5IO7S/c9-7(10)4-2-1-3-5(8(11)12)6(4)16(13,14)15/h1-3H,(H,9,10)(H,13,14,15). The first-order valence-corrected chi connectivity index (χ1v) is 7.92. The number of rotatable bonds is 3. The Hall–Kier alpha value is -1.07. The third-order valence-electron chi connectivity index (χ3n) is 1.62. The maximum absolute atomic E-state index is 10.9. The van der Waals surface area contributed by atoms with Crippen molar-refractivity contribution in [2.75, 3.05) is 0 Å². The lowest BCUT2D eigenvalue weighted by Gasteiger charge is -2.03. The lowest BCUT2D eigenvalue weighted by atomic mass is 10.2. The fraction of sp³-hybridized carbons (Fsp3) is 0. The zero-order valence-electron chi connectivity index (χ0n) is 7.45. The van der Waals surface area contributed by atoms with E-state index in [9.17, 15) is 19.4 Å². The molecule has 0 aliphatic carbocycles. The molecule has 0 aliphatic heterocycles. The van der Waals surface area contributed by atoms with E-state index in [2.05, 4.69) is 0 Å². The summed E-state index contributed by atoms with van der Waals surface area (Å²) in [5, 5.41) is 8.67. The largest absolute Gasteiger partial charge is 0.478 e. The van der Waals surface area contributed by atoms with E-state index in [4.69, 9.17) is 9.66 Å². The number of aromatic carboxylic acids is 1. The molecule has 16 heavy (non-hydrogen) atoms. The molecular weight excluding hydrogens is 355 g/mol. The SMILES string of the molecule is O=C(O)c1cccc(I(=O)=O)c1S(=O)(=O)O. The highest BCUT2D eigenvalue weighted by atomic mass is 127. The van der Waals surface area contributed by atoms with Gasteiger partial charge in [-0.3, -0.25) is 4.55 Å². The predicted molar refractivity (Wildman–Crippen MR) is 57.3 cm³/mol. The minimum atomic E-state index is -4.90. The van der Waals surface area contributed by atoms with Crippen molar-refractivity contribution >= 4 is 35.9 Å². The molecule has 1 rings (SSSR count). The normalized spacial score (nSPS) is 11.6. The molecule has 0 saturated carbocycles. The van der Waals surface area contributed by atoms with Crippen LogP contribution in [0.3, 0.4) is 0 Å². The van der Waals surface area contributed by atoms with E-state index in [1.807, 2.05) is 0 Å². The molecule has 0 bridgehead atoms. The zero-order valence-corrected chi connectivity index (χ0v) is 10.4. The van der Waals surface area contributed by atoms with Crippen molar-refractivity contribution < 1.29 is 29.0 Å². The third kappa shape index (κ3) is 2.54. The Morgan fingerprint density at radius 3 is 2.19 bits per heavy atom. The first-order valence-electron chi connectivity index (χ1n) is 3.64. The van der Waals surface area contributed by atoms with Crippen LogP contribution in [0.25, 0.3) is 0 Å². The molecule has 0 amide bonds. The number of halogens is 1. The number of carbonyl (C=O) groups is 1. The van der Waals surface area contributed by atoms with Crippen molar-refractivity contribution in [2.24, 2.45) is 0 Å². The van der Waals surface area contributed by atoms with Crippen LogP contribution in [-0.4, -0.2) is 24.0 Å². The lowest BCUT2D eigenvalue weighted by molar-refractivity contribution is 0.0692. The molecule has 0 aliphatic rings. The molecule has 0 spiro atoms. The number of benzene rings is 1. The van der Waals surface area contributed by atoms with Crippen LogP contribution in [0.15, 0.2) is 23.1 Å². The molecule has 0 unspecified atom stereocenters. The van der Waals surface area contributed by atoms with Crippen LogP contribution < -0.4 is 0 Å². The van der Waals surface area contributed by atoms with Crippen molar-refractivity contribution in [3.8, 4) is 0 Å². The van der Waals surface area contributed by atoms with E-state index >= 15 is 0 Å². The van der Waals surface area contributed by atoms with Crippen LogP contribution in [0.5, 0.6) is 0 Å². The van der Waals surface area contributed by atoms with E-state index in [0.29, 0.717) is 0 Å². The highest BCUT2D eigenvalue weighted by Crippen LogP contribution is 2.28. The van der Waals surface area contributed by atoms with E-state index in [1.54, 1.807) is 0 Å². The summed E-state index contributed by atoms with van der Waals surface area (Å²) in [5.41, 5.74) is -0.769. The predicted octanol–water partition coefficient (Wildman–Crippen LogP) is 0.999. The van der Waals surface area contributed by atoms with Gasteiger partial charge in [0.05, 0.1) is 9.13 Å². The van der Waals surface area contributed by atoms with Gasteiger partial charge in [0.25, 0.3) is 10.1 Å². The summed E-state index contributed by atoms with van der Waals surface area (Å²) in [5.74, 6) is -1.63. The quantitative estimate of drug-likeness (QED) is 0.608. The van der Waals surface area contributed by atoms with Crippen LogP contribution in [0.2, 0.25) is 0 Å². The summed E-state index contributed by atoms with van der Waals surface area (Å²) in [6.07, 6.45) is 0. The van der Waals surface area contributed by atoms with Gasteiger partial charge >= 0.3 is 25.8 Å². The molecule has 2 N–H and O–H groups in total. The molecule has 1 aromatic carbocycles. The molecule has 88 valence electrons.